The maximum Gasteiger partial charge on any atom is 0.275 e. The minimum atomic E-state index is -0.274. The Hall–Kier alpha value is -3.72. The van der Waals surface area contributed by atoms with Gasteiger partial charge in [0.2, 0.25) is 4.96 Å². The highest BCUT2D eigenvalue weighted by atomic mass is 32.1. The summed E-state index contributed by atoms with van der Waals surface area (Å²) >= 11 is 1.43. The minimum absolute atomic E-state index is 0.0983. The second kappa shape index (κ2) is 10.9. The highest BCUT2D eigenvalue weighted by molar-refractivity contribution is 7.16. The Bertz CT molecular complexity index is 1350. The Morgan fingerprint density at radius 2 is 1.97 bits per heavy atom. The number of aryl methyl sites for hydroxylation is 2. The molecule has 9 heteroatoms. The van der Waals surface area contributed by atoms with Crippen LogP contribution in [0, 0.1) is 6.92 Å². The van der Waals surface area contributed by atoms with Gasteiger partial charge < -0.3 is 14.8 Å². The molecule has 0 spiro atoms. The fourth-order valence-corrected chi connectivity index (χ4v) is 4.24. The number of benzene rings is 2. The first-order chi connectivity index (χ1) is 16.5. The molecule has 0 radical (unpaired) electrons. The summed E-state index contributed by atoms with van der Waals surface area (Å²) in [4.78, 5) is 29.8. The SMILES string of the molecule is CCCCc1nn2c(=O)cc(COc3cccc(NC(=O)COc4ccccc4C)c3)nc2s1. The number of hydrogen-bond acceptors (Lipinski definition) is 7. The lowest BCUT2D eigenvalue weighted by molar-refractivity contribution is -0.118. The molecule has 8 nitrogen and oxygen atoms in total. The van der Waals surface area contributed by atoms with Crippen molar-refractivity contribution < 1.29 is 14.3 Å². The molecule has 0 saturated carbocycles. The molecule has 176 valence electrons. The third kappa shape index (κ3) is 5.99. The van der Waals surface area contributed by atoms with Crippen molar-refractivity contribution in [2.24, 2.45) is 0 Å². The Labute approximate surface area is 201 Å². The summed E-state index contributed by atoms with van der Waals surface area (Å²) in [6.07, 6.45) is 2.93. The lowest BCUT2D eigenvalue weighted by Crippen LogP contribution is -2.20. The topological polar surface area (TPSA) is 94.8 Å². The number of nitrogens with zero attached hydrogens (tertiary/aromatic N) is 3. The molecule has 4 rings (SSSR count). The molecule has 2 aromatic carbocycles. The van der Waals surface area contributed by atoms with E-state index < -0.39 is 0 Å². The van der Waals surface area contributed by atoms with Gasteiger partial charge in [0.25, 0.3) is 11.5 Å². The lowest BCUT2D eigenvalue weighted by atomic mass is 10.2. The van der Waals surface area contributed by atoms with Crippen molar-refractivity contribution in [2.75, 3.05) is 11.9 Å². The molecule has 0 aliphatic rings. The molecule has 0 aliphatic heterocycles. The maximum absolute atomic E-state index is 12.4. The predicted molar refractivity (Wildman–Crippen MR) is 132 cm³/mol. The zero-order valence-electron chi connectivity index (χ0n) is 19.1. The summed E-state index contributed by atoms with van der Waals surface area (Å²) in [6.45, 7) is 4.07. The summed E-state index contributed by atoms with van der Waals surface area (Å²) < 4.78 is 12.8. The second-order valence-electron chi connectivity index (χ2n) is 7.80. The zero-order chi connectivity index (χ0) is 23.9. The van der Waals surface area contributed by atoms with Crippen molar-refractivity contribution in [2.45, 2.75) is 39.7 Å². The van der Waals surface area contributed by atoms with E-state index >= 15 is 0 Å². The van der Waals surface area contributed by atoms with E-state index in [1.807, 2.05) is 31.2 Å². The molecular weight excluding hydrogens is 452 g/mol. The Balaban J connectivity index is 1.36. The number of amides is 1. The third-order valence-electron chi connectivity index (χ3n) is 5.04. The molecule has 1 N–H and O–H groups in total. The van der Waals surface area contributed by atoms with Gasteiger partial charge >= 0.3 is 0 Å². The zero-order valence-corrected chi connectivity index (χ0v) is 19.9. The summed E-state index contributed by atoms with van der Waals surface area (Å²) in [6, 6.07) is 16.0. The Kier molecular flexibility index (Phi) is 7.54. The molecule has 0 unspecified atom stereocenters. The number of rotatable bonds is 10. The Morgan fingerprint density at radius 1 is 1.12 bits per heavy atom. The number of para-hydroxylation sites is 1. The number of unbranched alkanes of at least 4 members (excludes halogenated alkanes) is 1. The van der Waals surface area contributed by atoms with Gasteiger partial charge in [0.1, 0.15) is 23.1 Å². The van der Waals surface area contributed by atoms with Crippen LogP contribution >= 0.6 is 11.3 Å². The molecule has 1 amide bonds. The van der Waals surface area contributed by atoms with Crippen molar-refractivity contribution in [3.63, 3.8) is 0 Å². The molecule has 0 aliphatic carbocycles. The number of anilines is 1. The normalized spacial score (nSPS) is 10.9. The quantitative estimate of drug-likeness (QED) is 0.363. The van der Waals surface area contributed by atoms with Crippen LogP contribution in [0.2, 0.25) is 0 Å². The summed E-state index contributed by atoms with van der Waals surface area (Å²) in [5, 5.41) is 8.06. The van der Waals surface area contributed by atoms with Gasteiger partial charge in [-0.25, -0.2) is 4.98 Å². The molecule has 2 heterocycles. The van der Waals surface area contributed by atoms with E-state index in [-0.39, 0.29) is 24.7 Å². The fourth-order valence-electron chi connectivity index (χ4n) is 3.28. The van der Waals surface area contributed by atoms with Crippen LogP contribution in [-0.2, 0) is 17.8 Å². The number of ether oxygens (including phenoxy) is 2. The van der Waals surface area contributed by atoms with Gasteiger partial charge in [-0.3, -0.25) is 9.59 Å². The van der Waals surface area contributed by atoms with Gasteiger partial charge in [0.15, 0.2) is 6.61 Å². The van der Waals surface area contributed by atoms with E-state index in [1.165, 1.54) is 21.9 Å². The predicted octanol–water partition coefficient (Wildman–Crippen LogP) is 4.40. The molecule has 4 aromatic rings. The van der Waals surface area contributed by atoms with Crippen molar-refractivity contribution in [3.8, 4) is 11.5 Å². The van der Waals surface area contributed by atoms with E-state index in [0.717, 1.165) is 29.8 Å². The van der Waals surface area contributed by atoms with Crippen LogP contribution in [-0.4, -0.2) is 27.1 Å². The van der Waals surface area contributed by atoms with Gasteiger partial charge in [-0.1, -0.05) is 48.9 Å². The first-order valence-electron chi connectivity index (χ1n) is 11.1. The summed E-state index contributed by atoms with van der Waals surface area (Å²) in [5.41, 5.74) is 1.85. The van der Waals surface area contributed by atoms with Gasteiger partial charge in [-0.2, -0.15) is 9.61 Å². The van der Waals surface area contributed by atoms with E-state index in [1.54, 1.807) is 24.3 Å². The average molecular weight is 479 g/mol. The molecule has 0 fully saturated rings. The van der Waals surface area contributed by atoms with Gasteiger partial charge in [-0.05, 0) is 37.1 Å². The van der Waals surface area contributed by atoms with Gasteiger partial charge in [0.05, 0.1) is 5.69 Å². The number of carbonyl (C=O) groups is 1. The Morgan fingerprint density at radius 3 is 2.79 bits per heavy atom. The fraction of sp³-hybridized carbons (Fsp3) is 0.280. The minimum Gasteiger partial charge on any atom is -0.487 e. The smallest absolute Gasteiger partial charge is 0.275 e. The van der Waals surface area contributed by atoms with Crippen LogP contribution in [0.5, 0.6) is 11.5 Å². The number of aromatic nitrogens is 3. The standard InChI is InChI=1S/C25H26N4O4S/c1-3-4-12-23-28-29-24(31)14-19(27-25(29)34-23)15-32-20-10-7-9-18(13-20)26-22(30)16-33-21-11-6-5-8-17(21)2/h5-11,13-14H,3-4,12,15-16H2,1-2H3,(H,26,30). The monoisotopic (exact) mass is 478 g/mol. The van der Waals surface area contributed by atoms with Gasteiger partial charge in [-0.15, -0.1) is 0 Å². The number of fused-ring (bicyclic) bond motifs is 1. The van der Waals surface area contributed by atoms with E-state index in [0.29, 0.717) is 27.8 Å². The molecular formula is C25H26N4O4S. The van der Waals surface area contributed by atoms with E-state index in [9.17, 15) is 9.59 Å². The number of carbonyl (C=O) groups excluding carboxylic acids is 1. The molecule has 34 heavy (non-hydrogen) atoms. The van der Waals surface area contributed by atoms with Crippen LogP contribution < -0.4 is 20.3 Å². The van der Waals surface area contributed by atoms with Crippen LogP contribution in [0.25, 0.3) is 4.96 Å². The van der Waals surface area contributed by atoms with Crippen LogP contribution in [0.1, 0.15) is 36.0 Å². The summed E-state index contributed by atoms with van der Waals surface area (Å²) in [5.74, 6) is 0.950. The molecule has 0 saturated heterocycles. The van der Waals surface area contributed by atoms with Crippen LogP contribution in [0.4, 0.5) is 5.69 Å². The highest BCUT2D eigenvalue weighted by Crippen LogP contribution is 2.20. The van der Waals surface area contributed by atoms with E-state index in [4.69, 9.17) is 9.47 Å². The first kappa shape index (κ1) is 23.4. The number of hydrogen-bond donors (Lipinski definition) is 1. The van der Waals surface area contributed by atoms with Crippen molar-refractivity contribution in [1.82, 2.24) is 14.6 Å². The van der Waals surface area contributed by atoms with E-state index in [2.05, 4.69) is 22.3 Å². The van der Waals surface area contributed by atoms with Crippen molar-refractivity contribution >= 4 is 27.9 Å². The maximum atomic E-state index is 12.4. The second-order valence-corrected chi connectivity index (χ2v) is 8.84. The van der Waals surface area contributed by atoms with Gasteiger partial charge in [0, 0.05) is 24.2 Å². The number of nitrogens with one attached hydrogen (secondary N) is 1. The summed E-state index contributed by atoms with van der Waals surface area (Å²) in [7, 11) is 0. The largest absolute Gasteiger partial charge is 0.487 e. The van der Waals surface area contributed by atoms with Crippen LogP contribution in [0.3, 0.4) is 0 Å². The molecule has 2 aromatic heterocycles. The highest BCUT2D eigenvalue weighted by Gasteiger charge is 2.10. The lowest BCUT2D eigenvalue weighted by Gasteiger charge is -2.11. The first-order valence-corrected chi connectivity index (χ1v) is 11.9. The van der Waals surface area contributed by atoms with Crippen molar-refractivity contribution in [3.05, 3.63) is 81.2 Å². The van der Waals surface area contributed by atoms with Crippen LogP contribution in [0.15, 0.2) is 59.4 Å². The average Bonchev–Trinajstić information content (AvgIpc) is 3.25. The third-order valence-corrected chi connectivity index (χ3v) is 6.01. The molecule has 0 bridgehead atoms. The molecule has 0 atom stereocenters. The van der Waals surface area contributed by atoms with Crippen molar-refractivity contribution in [1.29, 1.82) is 0 Å².